The first-order valence-electron chi connectivity index (χ1n) is 11.0. The highest BCUT2D eigenvalue weighted by Crippen LogP contribution is 2.65. The van der Waals surface area contributed by atoms with Gasteiger partial charge in [-0.05, 0) is 70.2 Å². The van der Waals surface area contributed by atoms with Crippen LogP contribution in [0.1, 0.15) is 61.3 Å². The second-order valence-electron chi connectivity index (χ2n) is 9.89. The van der Waals surface area contributed by atoms with Crippen molar-refractivity contribution in [1.82, 2.24) is 0 Å². The molecule has 1 saturated heterocycles. The molecule has 0 amide bonds. The Morgan fingerprint density at radius 3 is 2.18 bits per heavy atom. The van der Waals surface area contributed by atoms with Crippen molar-refractivity contribution >= 4 is 17.7 Å². The molecular formula is C25H26O8. The van der Waals surface area contributed by atoms with Crippen LogP contribution in [0.2, 0.25) is 0 Å². The monoisotopic (exact) mass is 454 g/mol. The number of esters is 2. The van der Waals surface area contributed by atoms with Crippen LogP contribution < -0.4 is 0 Å². The highest BCUT2D eigenvalue weighted by molar-refractivity contribution is 6.00. The zero-order valence-corrected chi connectivity index (χ0v) is 19.0. The summed E-state index contributed by atoms with van der Waals surface area (Å²) < 4.78 is 28.5. The number of hydrogen-bond acceptors (Lipinski definition) is 8. The van der Waals surface area contributed by atoms with Crippen LogP contribution in [-0.2, 0) is 19.0 Å². The van der Waals surface area contributed by atoms with Gasteiger partial charge in [0.2, 0.25) is 0 Å². The molecule has 2 bridgehead atoms. The average Bonchev–Trinajstić information content (AvgIpc) is 3.50. The number of ketones is 1. The number of ether oxygens (including phenoxy) is 3. The summed E-state index contributed by atoms with van der Waals surface area (Å²) in [6, 6.07) is 2.99. The molecule has 5 atom stereocenters. The fraction of sp³-hybridized carbons (Fsp3) is 0.480. The Morgan fingerprint density at radius 2 is 1.61 bits per heavy atom. The minimum absolute atomic E-state index is 0.0782. The highest BCUT2D eigenvalue weighted by atomic mass is 16.6. The summed E-state index contributed by atoms with van der Waals surface area (Å²) in [7, 11) is 0. The Kier molecular flexibility index (Phi) is 4.72. The van der Waals surface area contributed by atoms with Gasteiger partial charge in [0.25, 0.3) is 0 Å². The molecule has 1 aliphatic heterocycles. The largest absolute Gasteiger partial charge is 0.472 e. The fourth-order valence-corrected chi connectivity index (χ4v) is 5.86. The molecule has 3 aliphatic rings. The topological polar surface area (TPSA) is 105 Å². The minimum Gasteiger partial charge on any atom is -0.472 e. The van der Waals surface area contributed by atoms with E-state index in [4.69, 9.17) is 23.0 Å². The van der Waals surface area contributed by atoms with Crippen molar-refractivity contribution in [3.63, 3.8) is 0 Å². The lowest BCUT2D eigenvalue weighted by molar-refractivity contribution is -0.201. The van der Waals surface area contributed by atoms with Gasteiger partial charge in [-0.15, -0.1) is 0 Å². The predicted molar refractivity (Wildman–Crippen MR) is 113 cm³/mol. The maximum absolute atomic E-state index is 13.3. The summed E-state index contributed by atoms with van der Waals surface area (Å²) in [6.07, 6.45) is 5.97. The van der Waals surface area contributed by atoms with Crippen molar-refractivity contribution < 1.29 is 37.4 Å². The molecule has 8 nitrogen and oxygen atoms in total. The quantitative estimate of drug-likeness (QED) is 0.636. The van der Waals surface area contributed by atoms with Gasteiger partial charge in [-0.2, -0.15) is 0 Å². The molecule has 2 aromatic rings. The van der Waals surface area contributed by atoms with E-state index in [0.29, 0.717) is 12.8 Å². The molecular weight excluding hydrogens is 428 g/mol. The Balaban J connectivity index is 1.59. The lowest BCUT2D eigenvalue weighted by Gasteiger charge is -2.56. The molecule has 0 N–H and O–H groups in total. The van der Waals surface area contributed by atoms with Crippen LogP contribution >= 0.6 is 0 Å². The number of carbonyl (C=O) groups is 3. The lowest BCUT2D eigenvalue weighted by atomic mass is 9.52. The van der Waals surface area contributed by atoms with Crippen molar-refractivity contribution in [1.29, 1.82) is 0 Å². The van der Waals surface area contributed by atoms with Crippen LogP contribution in [0.4, 0.5) is 0 Å². The molecule has 1 saturated carbocycles. The van der Waals surface area contributed by atoms with Gasteiger partial charge < -0.3 is 23.0 Å². The second kappa shape index (κ2) is 7.18. The maximum Gasteiger partial charge on any atom is 0.342 e. The van der Waals surface area contributed by atoms with Gasteiger partial charge in [-0.25, -0.2) is 9.59 Å². The molecule has 0 unspecified atom stereocenters. The Bertz CT molecular complexity index is 1130. The fourth-order valence-electron chi connectivity index (χ4n) is 5.86. The van der Waals surface area contributed by atoms with Crippen LogP contribution in [-0.4, -0.2) is 41.1 Å². The van der Waals surface area contributed by atoms with Crippen molar-refractivity contribution in [3.8, 4) is 0 Å². The molecule has 1 spiro atoms. The third-order valence-corrected chi connectivity index (χ3v) is 7.78. The summed E-state index contributed by atoms with van der Waals surface area (Å²) in [5, 5.41) is 0. The standard InChI is InChI=1S/C25H26O8/c1-14-9-18(26)20(32-22(28)16-6-8-30-13-16)24(4)19(31-21(27)15-5-7-29-12-15)10-17-11-25(14,24)33-23(17,2)3/h5-9,12-13,17,19-20H,10-11H2,1-4H3/t17-,19-,20-,24+,25-/m0/s1. The molecule has 33 heavy (non-hydrogen) atoms. The maximum atomic E-state index is 13.3. The smallest absolute Gasteiger partial charge is 0.342 e. The van der Waals surface area contributed by atoms with Crippen molar-refractivity contribution in [3.05, 3.63) is 60.0 Å². The van der Waals surface area contributed by atoms with Crippen molar-refractivity contribution in [2.45, 2.75) is 63.9 Å². The van der Waals surface area contributed by atoms with Crippen LogP contribution in [0.15, 0.2) is 57.7 Å². The molecule has 2 aliphatic carbocycles. The first-order valence-corrected chi connectivity index (χ1v) is 11.0. The van der Waals surface area contributed by atoms with E-state index in [9.17, 15) is 14.4 Å². The van der Waals surface area contributed by atoms with Gasteiger partial charge in [0, 0.05) is 0 Å². The van der Waals surface area contributed by atoms with Gasteiger partial charge in [-0.1, -0.05) is 0 Å². The van der Waals surface area contributed by atoms with E-state index in [1.54, 1.807) is 0 Å². The summed E-state index contributed by atoms with van der Waals surface area (Å²) in [5.41, 5.74) is -1.40. The molecule has 2 aromatic heterocycles. The van der Waals surface area contributed by atoms with E-state index in [-0.39, 0.29) is 22.8 Å². The Morgan fingerprint density at radius 1 is 1.00 bits per heavy atom. The minimum atomic E-state index is -1.21. The molecule has 0 aromatic carbocycles. The van der Waals surface area contributed by atoms with Gasteiger partial charge in [0.15, 0.2) is 11.9 Å². The molecule has 0 radical (unpaired) electrons. The van der Waals surface area contributed by atoms with E-state index < -0.39 is 40.8 Å². The third kappa shape index (κ3) is 3.04. The van der Waals surface area contributed by atoms with Crippen LogP contribution in [0.25, 0.3) is 0 Å². The number of furan rings is 2. The molecule has 2 fully saturated rings. The average molecular weight is 454 g/mol. The summed E-state index contributed by atoms with van der Waals surface area (Å²) in [4.78, 5) is 39.0. The first kappa shape index (κ1) is 21.7. The van der Waals surface area contributed by atoms with Gasteiger partial charge >= 0.3 is 11.9 Å². The third-order valence-electron chi connectivity index (χ3n) is 7.78. The highest BCUT2D eigenvalue weighted by Gasteiger charge is 2.73. The summed E-state index contributed by atoms with van der Waals surface area (Å²) in [6.45, 7) is 7.68. The van der Waals surface area contributed by atoms with E-state index >= 15 is 0 Å². The molecule has 8 heteroatoms. The lowest BCUT2D eigenvalue weighted by Crippen LogP contribution is -2.67. The SMILES string of the molecule is CC1=CC(=O)[C@H](OC(=O)c2ccoc2)[C@@]2(C)[C@@H](OC(=O)c3ccoc3)C[C@H]3C[C@]12OC3(C)C. The number of fused-ring (bicyclic) bond motifs is 1. The van der Waals surface area contributed by atoms with E-state index in [1.807, 2.05) is 27.7 Å². The van der Waals surface area contributed by atoms with E-state index in [0.717, 1.165) is 5.57 Å². The van der Waals surface area contributed by atoms with E-state index in [2.05, 4.69) is 0 Å². The van der Waals surface area contributed by atoms with Gasteiger partial charge in [0.05, 0.1) is 34.7 Å². The predicted octanol–water partition coefficient (Wildman–Crippen LogP) is 4.12. The van der Waals surface area contributed by atoms with Crippen LogP contribution in [0, 0.1) is 11.3 Å². The van der Waals surface area contributed by atoms with Crippen molar-refractivity contribution in [2.75, 3.05) is 0 Å². The number of hydrogen-bond donors (Lipinski definition) is 0. The van der Waals surface area contributed by atoms with Crippen LogP contribution in [0.3, 0.4) is 0 Å². The second-order valence-corrected chi connectivity index (χ2v) is 9.89. The van der Waals surface area contributed by atoms with Gasteiger partial charge in [-0.3, -0.25) is 4.79 Å². The molecule has 5 rings (SSSR count). The summed E-state index contributed by atoms with van der Waals surface area (Å²) in [5.74, 6) is -1.54. The van der Waals surface area contributed by atoms with Crippen molar-refractivity contribution in [2.24, 2.45) is 11.3 Å². The number of rotatable bonds is 4. The first-order chi connectivity index (χ1) is 15.6. The van der Waals surface area contributed by atoms with Crippen LogP contribution in [0.5, 0.6) is 0 Å². The Hall–Kier alpha value is -3.13. The summed E-state index contributed by atoms with van der Waals surface area (Å²) >= 11 is 0. The molecule has 3 heterocycles. The van der Waals surface area contributed by atoms with E-state index in [1.165, 1.54) is 43.3 Å². The Labute approximate surface area is 190 Å². The van der Waals surface area contributed by atoms with Gasteiger partial charge in [0.1, 0.15) is 24.2 Å². The normalized spacial score (nSPS) is 34.4. The zero-order valence-electron chi connectivity index (χ0n) is 19.0. The molecule has 174 valence electrons. The zero-order chi connectivity index (χ0) is 23.6. The number of carbonyl (C=O) groups excluding carboxylic acids is 3.